The topological polar surface area (TPSA) is 82.5 Å². The number of nitrogens with zero attached hydrogens (tertiary/aromatic N) is 2. The summed E-state index contributed by atoms with van der Waals surface area (Å²) < 4.78 is 11.2. The summed E-state index contributed by atoms with van der Waals surface area (Å²) in [5, 5.41) is 6.74. The van der Waals surface area contributed by atoms with Crippen LogP contribution in [0, 0.1) is 0 Å². The third-order valence-electron chi connectivity index (χ3n) is 2.93. The van der Waals surface area contributed by atoms with Crippen LogP contribution in [0.25, 0.3) is 0 Å². The molecule has 0 aliphatic rings. The smallest absolute Gasteiger partial charge is 0.276 e. The Kier molecular flexibility index (Phi) is 5.26. The SMILES string of the molecule is COCCn1nc(C(=O)Nc2cccc(OC)c2)ccc1=O. The Morgan fingerprint density at radius 2 is 2.09 bits per heavy atom. The number of hydrogen-bond donors (Lipinski definition) is 1. The number of anilines is 1. The fraction of sp³-hybridized carbons (Fsp3) is 0.267. The first-order chi connectivity index (χ1) is 10.6. The molecule has 1 heterocycles. The van der Waals surface area contributed by atoms with Crippen molar-refractivity contribution in [1.82, 2.24) is 9.78 Å². The van der Waals surface area contributed by atoms with Gasteiger partial charge in [0, 0.05) is 24.9 Å². The molecule has 1 aromatic carbocycles. The lowest BCUT2D eigenvalue weighted by molar-refractivity contribution is 0.101. The third-order valence-corrected chi connectivity index (χ3v) is 2.93. The van der Waals surface area contributed by atoms with Gasteiger partial charge in [-0.05, 0) is 18.2 Å². The first-order valence-electron chi connectivity index (χ1n) is 6.66. The van der Waals surface area contributed by atoms with Crippen LogP contribution in [0.3, 0.4) is 0 Å². The molecular weight excluding hydrogens is 286 g/mol. The molecule has 2 rings (SSSR count). The van der Waals surface area contributed by atoms with E-state index in [0.29, 0.717) is 18.0 Å². The Hall–Kier alpha value is -2.67. The van der Waals surface area contributed by atoms with Gasteiger partial charge in [-0.25, -0.2) is 4.68 Å². The van der Waals surface area contributed by atoms with Crippen molar-refractivity contribution < 1.29 is 14.3 Å². The van der Waals surface area contributed by atoms with Crippen molar-refractivity contribution in [1.29, 1.82) is 0 Å². The minimum Gasteiger partial charge on any atom is -0.497 e. The molecule has 7 nitrogen and oxygen atoms in total. The number of hydrogen-bond acceptors (Lipinski definition) is 5. The predicted octanol–water partition coefficient (Wildman–Crippen LogP) is 1.15. The van der Waals surface area contributed by atoms with Gasteiger partial charge in [-0.15, -0.1) is 0 Å². The van der Waals surface area contributed by atoms with Crippen molar-refractivity contribution in [3.63, 3.8) is 0 Å². The van der Waals surface area contributed by atoms with E-state index in [1.807, 2.05) is 0 Å². The summed E-state index contributed by atoms with van der Waals surface area (Å²) >= 11 is 0. The molecule has 0 aliphatic heterocycles. The van der Waals surface area contributed by atoms with Crippen LogP contribution in [0.4, 0.5) is 5.69 Å². The highest BCUT2D eigenvalue weighted by atomic mass is 16.5. The molecule has 7 heteroatoms. The first-order valence-corrected chi connectivity index (χ1v) is 6.66. The van der Waals surface area contributed by atoms with Crippen LogP contribution in [0.1, 0.15) is 10.5 Å². The van der Waals surface area contributed by atoms with E-state index in [0.717, 1.165) is 0 Å². The van der Waals surface area contributed by atoms with Gasteiger partial charge >= 0.3 is 0 Å². The minimum absolute atomic E-state index is 0.151. The van der Waals surface area contributed by atoms with E-state index in [4.69, 9.17) is 9.47 Å². The van der Waals surface area contributed by atoms with Gasteiger partial charge in [0.05, 0.1) is 20.3 Å². The van der Waals surface area contributed by atoms with Crippen molar-refractivity contribution in [3.8, 4) is 5.75 Å². The van der Waals surface area contributed by atoms with Crippen LogP contribution in [0.15, 0.2) is 41.2 Å². The molecule has 1 aromatic heterocycles. The van der Waals surface area contributed by atoms with Gasteiger partial charge in [0.15, 0.2) is 0 Å². The zero-order valence-corrected chi connectivity index (χ0v) is 12.4. The molecule has 0 unspecified atom stereocenters. The third kappa shape index (κ3) is 3.92. The second kappa shape index (κ2) is 7.37. The van der Waals surface area contributed by atoms with Crippen LogP contribution in [0.5, 0.6) is 5.75 Å². The van der Waals surface area contributed by atoms with Gasteiger partial charge in [-0.3, -0.25) is 9.59 Å². The normalized spacial score (nSPS) is 10.3. The van der Waals surface area contributed by atoms with E-state index in [1.54, 1.807) is 31.4 Å². The van der Waals surface area contributed by atoms with E-state index in [-0.39, 0.29) is 17.8 Å². The maximum Gasteiger partial charge on any atom is 0.276 e. The predicted molar refractivity (Wildman–Crippen MR) is 81.3 cm³/mol. The summed E-state index contributed by atoms with van der Waals surface area (Å²) in [4.78, 5) is 23.8. The number of nitrogens with one attached hydrogen (secondary N) is 1. The Morgan fingerprint density at radius 3 is 2.82 bits per heavy atom. The van der Waals surface area contributed by atoms with Crippen LogP contribution in [-0.2, 0) is 11.3 Å². The number of rotatable bonds is 6. The monoisotopic (exact) mass is 303 g/mol. The highest BCUT2D eigenvalue weighted by molar-refractivity contribution is 6.02. The largest absolute Gasteiger partial charge is 0.497 e. The number of aromatic nitrogens is 2. The highest BCUT2D eigenvalue weighted by Gasteiger charge is 2.10. The Balaban J connectivity index is 2.16. The Labute approximate surface area is 127 Å². The summed E-state index contributed by atoms with van der Waals surface area (Å²) in [5.41, 5.74) is 0.453. The zero-order chi connectivity index (χ0) is 15.9. The number of methoxy groups -OCH3 is 2. The van der Waals surface area contributed by atoms with Gasteiger partial charge in [0.2, 0.25) is 0 Å². The van der Waals surface area contributed by atoms with Gasteiger partial charge < -0.3 is 14.8 Å². The van der Waals surface area contributed by atoms with E-state index >= 15 is 0 Å². The van der Waals surface area contributed by atoms with Crippen LogP contribution in [0.2, 0.25) is 0 Å². The van der Waals surface area contributed by atoms with Crippen molar-refractivity contribution in [3.05, 3.63) is 52.4 Å². The molecule has 0 bridgehead atoms. The summed E-state index contributed by atoms with van der Waals surface area (Å²) in [6.45, 7) is 0.628. The molecular formula is C15H17N3O4. The standard InChI is InChI=1S/C15H17N3O4/c1-21-9-8-18-14(19)7-6-13(17-18)15(20)16-11-4-3-5-12(10-11)22-2/h3-7,10H,8-9H2,1-2H3,(H,16,20). The molecule has 0 aliphatic carbocycles. The molecule has 1 N–H and O–H groups in total. The number of carbonyl (C=O) groups excluding carboxylic acids is 1. The lowest BCUT2D eigenvalue weighted by Crippen LogP contribution is -2.27. The second-order valence-corrected chi connectivity index (χ2v) is 4.46. The van der Waals surface area contributed by atoms with Crippen molar-refractivity contribution in [2.45, 2.75) is 6.54 Å². The van der Waals surface area contributed by atoms with Gasteiger partial charge in [-0.2, -0.15) is 5.10 Å². The fourth-order valence-corrected chi connectivity index (χ4v) is 1.80. The lowest BCUT2D eigenvalue weighted by atomic mass is 10.3. The Morgan fingerprint density at radius 1 is 1.27 bits per heavy atom. The summed E-state index contributed by atoms with van der Waals surface area (Å²) in [5.74, 6) is 0.232. The minimum atomic E-state index is -0.403. The molecule has 0 fully saturated rings. The molecule has 0 saturated heterocycles. The lowest BCUT2D eigenvalue weighted by Gasteiger charge is -2.08. The molecule has 0 spiro atoms. The number of amides is 1. The number of benzene rings is 1. The quantitative estimate of drug-likeness (QED) is 0.865. The van der Waals surface area contributed by atoms with Crippen molar-refractivity contribution in [2.75, 3.05) is 26.1 Å². The van der Waals surface area contributed by atoms with E-state index < -0.39 is 5.91 Å². The van der Waals surface area contributed by atoms with Gasteiger partial charge in [0.25, 0.3) is 11.5 Å². The number of carbonyl (C=O) groups is 1. The van der Waals surface area contributed by atoms with Crippen LogP contribution < -0.4 is 15.6 Å². The highest BCUT2D eigenvalue weighted by Crippen LogP contribution is 2.17. The molecule has 116 valence electrons. The average molecular weight is 303 g/mol. The Bertz CT molecular complexity index is 712. The first kappa shape index (κ1) is 15.7. The van der Waals surface area contributed by atoms with Crippen LogP contribution >= 0.6 is 0 Å². The molecule has 2 aromatic rings. The van der Waals surface area contributed by atoms with E-state index in [9.17, 15) is 9.59 Å². The molecule has 0 radical (unpaired) electrons. The molecule has 1 amide bonds. The fourth-order valence-electron chi connectivity index (χ4n) is 1.80. The van der Waals surface area contributed by atoms with Crippen molar-refractivity contribution in [2.24, 2.45) is 0 Å². The molecule has 0 saturated carbocycles. The second-order valence-electron chi connectivity index (χ2n) is 4.46. The maximum absolute atomic E-state index is 12.2. The summed E-state index contributed by atoms with van der Waals surface area (Å²) in [7, 11) is 3.08. The molecule has 0 atom stereocenters. The van der Waals surface area contributed by atoms with Gasteiger partial charge in [0.1, 0.15) is 11.4 Å². The van der Waals surface area contributed by atoms with Crippen molar-refractivity contribution >= 4 is 11.6 Å². The summed E-state index contributed by atoms with van der Waals surface area (Å²) in [6, 6.07) is 9.67. The number of ether oxygens (including phenoxy) is 2. The maximum atomic E-state index is 12.2. The average Bonchev–Trinajstić information content (AvgIpc) is 2.54. The zero-order valence-electron chi connectivity index (χ0n) is 12.4. The van der Waals surface area contributed by atoms with Gasteiger partial charge in [-0.1, -0.05) is 6.07 Å². The van der Waals surface area contributed by atoms with E-state index in [2.05, 4.69) is 10.4 Å². The van der Waals surface area contributed by atoms with E-state index in [1.165, 1.54) is 23.9 Å². The van der Waals surface area contributed by atoms with Crippen LogP contribution in [-0.4, -0.2) is 36.5 Å². The summed E-state index contributed by atoms with van der Waals surface area (Å²) in [6.07, 6.45) is 0. The molecule has 22 heavy (non-hydrogen) atoms.